The van der Waals surface area contributed by atoms with Crippen molar-refractivity contribution < 1.29 is 3.85 Å². The Morgan fingerprint density at radius 2 is 1.33 bits per heavy atom. The SMILES string of the molecule is c1cccccnssoccccc1. The van der Waals surface area contributed by atoms with Crippen LogP contribution < -0.4 is 0 Å². The van der Waals surface area contributed by atoms with Gasteiger partial charge in [0.25, 0.3) is 0 Å². The Kier molecular flexibility index (Phi) is 7.15. The molecule has 1 aromatic heterocycles. The van der Waals surface area contributed by atoms with E-state index in [2.05, 4.69) is 4.37 Å². The Bertz CT molecular complexity index is 251. The van der Waals surface area contributed by atoms with Crippen molar-refractivity contribution >= 4 is 21.2 Å². The van der Waals surface area contributed by atoms with Gasteiger partial charge in [-0.2, -0.15) is 4.37 Å². The van der Waals surface area contributed by atoms with Crippen molar-refractivity contribution in [2.24, 2.45) is 0 Å². The summed E-state index contributed by atoms with van der Waals surface area (Å²) in [4.78, 5) is 0. The lowest BCUT2D eigenvalue weighted by molar-refractivity contribution is 0.687. The van der Waals surface area contributed by atoms with Crippen molar-refractivity contribution in [3.05, 3.63) is 67.1 Å². The number of aromatic nitrogens is 1. The number of nitrogens with zero attached hydrogens (tertiary/aromatic N) is 1. The van der Waals surface area contributed by atoms with E-state index >= 15 is 0 Å². The summed E-state index contributed by atoms with van der Waals surface area (Å²) >= 11 is 0. The van der Waals surface area contributed by atoms with Gasteiger partial charge in [-0.25, -0.2) is 0 Å². The van der Waals surface area contributed by atoms with Gasteiger partial charge in [0.2, 0.25) is 0 Å². The molecule has 0 radical (unpaired) electrons. The van der Waals surface area contributed by atoms with Gasteiger partial charge >= 0.3 is 0 Å². The van der Waals surface area contributed by atoms with Crippen LogP contribution in [0.4, 0.5) is 0 Å². The van der Waals surface area contributed by atoms with E-state index in [0.717, 1.165) is 0 Å². The monoisotopic (exact) mass is 237 g/mol. The zero-order chi connectivity index (χ0) is 10.6. The minimum absolute atomic E-state index is 1.21. The normalized spacial score (nSPS) is 8.00. The summed E-state index contributed by atoms with van der Waals surface area (Å²) in [5, 5.41) is 0. The Labute approximate surface area is 96.6 Å². The summed E-state index contributed by atoms with van der Waals surface area (Å²) < 4.78 is 9.10. The second kappa shape index (κ2) is 9.18. The van der Waals surface area contributed by atoms with Gasteiger partial charge in [0.15, 0.2) is 0 Å². The molecule has 0 saturated heterocycles. The molecule has 1 aromatic rings. The molecular weight excluding hydrogens is 226 g/mol. The lowest BCUT2D eigenvalue weighted by Gasteiger charge is -1.66. The molecular formula is C11H11NOS2. The van der Waals surface area contributed by atoms with E-state index in [1.807, 2.05) is 54.6 Å². The number of rotatable bonds is 0. The smallest absolute Gasteiger partial charge is 0.121 e. The summed E-state index contributed by atoms with van der Waals surface area (Å²) in [5.41, 5.74) is 0. The first kappa shape index (κ1) is 11.7. The Balaban J connectivity index is 3.01. The van der Waals surface area contributed by atoms with Crippen LogP contribution in [0.1, 0.15) is 0 Å². The van der Waals surface area contributed by atoms with Crippen LogP contribution >= 0.6 is 21.2 Å². The Morgan fingerprint density at radius 3 is 2.07 bits per heavy atom. The van der Waals surface area contributed by atoms with Crippen LogP contribution in [0.2, 0.25) is 0 Å². The quantitative estimate of drug-likeness (QED) is 0.633. The molecule has 0 aliphatic heterocycles. The molecule has 0 spiro atoms. The molecule has 1 heterocycles. The highest BCUT2D eigenvalue weighted by atomic mass is 32.9. The molecule has 1 rings (SSSR count). The second-order valence-corrected chi connectivity index (χ2v) is 3.91. The minimum Gasteiger partial charge on any atom is -0.399 e. The third-order valence-corrected chi connectivity index (χ3v) is 2.42. The molecule has 0 fully saturated rings. The molecule has 0 aromatic carbocycles. The van der Waals surface area contributed by atoms with Gasteiger partial charge in [-0.3, -0.25) is 0 Å². The Hall–Kier alpha value is -1.39. The highest BCUT2D eigenvalue weighted by Crippen LogP contribution is 1.92. The maximum absolute atomic E-state index is 5.08. The van der Waals surface area contributed by atoms with Crippen LogP contribution in [0.3, 0.4) is 0 Å². The lowest BCUT2D eigenvalue weighted by Crippen LogP contribution is -1.47. The molecule has 0 N–H and O–H groups in total. The van der Waals surface area contributed by atoms with Gasteiger partial charge in [-0.05, 0) is 12.1 Å². The third kappa shape index (κ3) is 7.66. The fraction of sp³-hybridized carbons (Fsp3) is 0. The molecule has 78 valence electrons. The maximum atomic E-state index is 5.08. The van der Waals surface area contributed by atoms with Crippen LogP contribution in [-0.2, 0) is 0 Å². The highest BCUT2D eigenvalue weighted by molar-refractivity contribution is 7.62. The first-order valence-electron chi connectivity index (χ1n) is 4.34. The molecule has 2 nitrogen and oxygen atoms in total. The van der Waals surface area contributed by atoms with Crippen LogP contribution in [0.5, 0.6) is 0 Å². The fourth-order valence-electron chi connectivity index (χ4n) is 0.694. The highest BCUT2D eigenvalue weighted by Gasteiger charge is 1.60. The predicted octanol–water partition coefficient (Wildman–Crippen LogP) is 4.17. The Morgan fingerprint density at radius 1 is 0.733 bits per heavy atom. The van der Waals surface area contributed by atoms with Crippen LogP contribution in [0.15, 0.2) is 70.9 Å². The standard InChI is InChI=1S/C11H11NOS2/c1-2-4-6-8-10-12-14-15-13-11-9-7-5-3-1/h1-11H. The first-order chi connectivity index (χ1) is 7.50. The van der Waals surface area contributed by atoms with E-state index in [0.29, 0.717) is 0 Å². The van der Waals surface area contributed by atoms with Gasteiger partial charge in [-0.1, -0.05) is 42.5 Å². The summed E-state index contributed by atoms with van der Waals surface area (Å²) in [6.07, 6.45) is 3.33. The molecule has 0 atom stereocenters. The maximum Gasteiger partial charge on any atom is 0.121 e. The van der Waals surface area contributed by atoms with E-state index in [-0.39, 0.29) is 0 Å². The average molecular weight is 237 g/mol. The van der Waals surface area contributed by atoms with Crippen LogP contribution in [0.25, 0.3) is 0 Å². The van der Waals surface area contributed by atoms with E-state index in [1.54, 1.807) is 12.5 Å². The number of hydrogen-bond acceptors (Lipinski definition) is 4. The van der Waals surface area contributed by atoms with Gasteiger partial charge in [-0.15, -0.1) is 0 Å². The summed E-state index contributed by atoms with van der Waals surface area (Å²) in [7, 11) is 2.50. The molecule has 0 unspecified atom stereocenters. The number of hydrogen-bond donors (Lipinski definition) is 0. The van der Waals surface area contributed by atoms with Gasteiger partial charge in [0, 0.05) is 6.20 Å². The third-order valence-electron chi connectivity index (χ3n) is 1.28. The van der Waals surface area contributed by atoms with Gasteiger partial charge in [0.05, 0.1) is 10.5 Å². The predicted molar refractivity (Wildman–Crippen MR) is 65.1 cm³/mol. The molecule has 0 saturated carbocycles. The molecule has 0 aliphatic rings. The fourth-order valence-corrected chi connectivity index (χ4v) is 1.49. The minimum atomic E-state index is 1.21. The molecule has 15 heavy (non-hydrogen) atoms. The van der Waals surface area contributed by atoms with E-state index in [4.69, 9.17) is 3.85 Å². The zero-order valence-electron chi connectivity index (χ0n) is 8.02. The first-order valence-corrected chi connectivity index (χ1v) is 6.37. The zero-order valence-corrected chi connectivity index (χ0v) is 9.66. The van der Waals surface area contributed by atoms with E-state index < -0.39 is 0 Å². The molecule has 4 heteroatoms. The van der Waals surface area contributed by atoms with E-state index in [1.165, 1.54) is 21.2 Å². The van der Waals surface area contributed by atoms with Crippen molar-refractivity contribution in [2.75, 3.05) is 0 Å². The summed E-state index contributed by atoms with van der Waals surface area (Å²) in [5.74, 6) is 0. The van der Waals surface area contributed by atoms with Gasteiger partial charge in [0.1, 0.15) is 16.9 Å². The largest absolute Gasteiger partial charge is 0.399 e. The van der Waals surface area contributed by atoms with Crippen molar-refractivity contribution in [2.45, 2.75) is 0 Å². The van der Waals surface area contributed by atoms with Gasteiger partial charge < -0.3 is 3.85 Å². The van der Waals surface area contributed by atoms with Crippen LogP contribution in [0, 0.1) is 0 Å². The van der Waals surface area contributed by atoms with Crippen molar-refractivity contribution in [1.82, 2.24) is 4.37 Å². The molecule has 0 aliphatic carbocycles. The lowest BCUT2D eigenvalue weighted by atomic mass is 10.4. The van der Waals surface area contributed by atoms with E-state index in [9.17, 15) is 0 Å². The molecule has 0 bridgehead atoms. The topological polar surface area (TPSA) is 26.0 Å². The van der Waals surface area contributed by atoms with Crippen molar-refractivity contribution in [3.63, 3.8) is 0 Å². The van der Waals surface area contributed by atoms with Crippen molar-refractivity contribution in [1.29, 1.82) is 0 Å². The van der Waals surface area contributed by atoms with Crippen LogP contribution in [-0.4, -0.2) is 4.37 Å². The summed E-state index contributed by atoms with van der Waals surface area (Å²) in [6.45, 7) is 0. The molecule has 0 amide bonds. The van der Waals surface area contributed by atoms with Crippen molar-refractivity contribution in [3.8, 4) is 0 Å². The summed E-state index contributed by atoms with van der Waals surface area (Å²) in [6, 6.07) is 17.2. The average Bonchev–Trinajstić information content (AvgIpc) is 2.27. The second-order valence-electron chi connectivity index (χ2n) is 2.36.